The van der Waals surface area contributed by atoms with Crippen molar-refractivity contribution in [1.29, 1.82) is 0 Å². The Hall–Kier alpha value is -1.75. The van der Waals surface area contributed by atoms with E-state index in [1.165, 1.54) is 12.1 Å². The van der Waals surface area contributed by atoms with Crippen LogP contribution in [0.15, 0.2) is 46.8 Å². The summed E-state index contributed by atoms with van der Waals surface area (Å²) in [5.41, 5.74) is 0.694. The van der Waals surface area contributed by atoms with Crippen LogP contribution in [0.2, 0.25) is 0 Å². The van der Waals surface area contributed by atoms with E-state index in [1.807, 2.05) is 17.5 Å². The Morgan fingerprint density at radius 1 is 1.18 bits per heavy atom. The highest BCUT2D eigenvalue weighted by atomic mass is 32.1. The number of nitrogens with zero attached hydrogens (tertiary/aromatic N) is 1. The summed E-state index contributed by atoms with van der Waals surface area (Å²) in [6.45, 7) is -2.80. The normalized spacial score (nSPS) is 11.2. The molecular formula is C12H9F2NOS. The van der Waals surface area contributed by atoms with Crippen molar-refractivity contribution in [2.24, 2.45) is 4.99 Å². The summed E-state index contributed by atoms with van der Waals surface area (Å²) in [5.74, 6) is 0.134. The summed E-state index contributed by atoms with van der Waals surface area (Å²) in [6, 6.07) is 10.1. The predicted octanol–water partition coefficient (Wildman–Crippen LogP) is 4.10. The van der Waals surface area contributed by atoms with Gasteiger partial charge in [0, 0.05) is 11.1 Å². The maximum atomic E-state index is 11.9. The van der Waals surface area contributed by atoms with E-state index in [0.29, 0.717) is 5.69 Å². The van der Waals surface area contributed by atoms with Crippen LogP contribution in [0.1, 0.15) is 4.88 Å². The van der Waals surface area contributed by atoms with Crippen molar-refractivity contribution in [1.82, 2.24) is 0 Å². The first-order chi connectivity index (χ1) is 8.24. The standard InChI is InChI=1S/C12H9F2NOS/c13-12(14)16-10-5-3-9(4-6-10)15-8-11-2-1-7-17-11/h1-8,12H. The van der Waals surface area contributed by atoms with Gasteiger partial charge in [0.15, 0.2) is 0 Å². The fourth-order valence-electron chi connectivity index (χ4n) is 1.22. The van der Waals surface area contributed by atoms with Gasteiger partial charge in [-0.15, -0.1) is 11.3 Å². The SMILES string of the molecule is FC(F)Oc1ccc(N=Cc2cccs2)cc1. The summed E-state index contributed by atoms with van der Waals surface area (Å²) in [6.07, 6.45) is 1.73. The molecule has 0 bridgehead atoms. The predicted molar refractivity (Wildman–Crippen MR) is 64.6 cm³/mol. The monoisotopic (exact) mass is 253 g/mol. The fourth-order valence-corrected chi connectivity index (χ4v) is 1.80. The van der Waals surface area contributed by atoms with Crippen LogP contribution in [-0.4, -0.2) is 12.8 Å². The molecule has 0 aliphatic heterocycles. The van der Waals surface area contributed by atoms with Gasteiger partial charge in [-0.3, -0.25) is 4.99 Å². The Kier molecular flexibility index (Phi) is 3.82. The number of rotatable bonds is 4. The fraction of sp³-hybridized carbons (Fsp3) is 0.0833. The molecule has 2 aromatic rings. The quantitative estimate of drug-likeness (QED) is 0.752. The van der Waals surface area contributed by atoms with Crippen LogP contribution in [0.5, 0.6) is 5.75 Å². The summed E-state index contributed by atoms with van der Waals surface area (Å²) in [5, 5.41) is 1.96. The van der Waals surface area contributed by atoms with Crippen LogP contribution in [-0.2, 0) is 0 Å². The molecule has 17 heavy (non-hydrogen) atoms. The van der Waals surface area contributed by atoms with Gasteiger partial charge in [0.25, 0.3) is 0 Å². The molecule has 1 aromatic carbocycles. The lowest BCUT2D eigenvalue weighted by Gasteiger charge is -2.03. The molecule has 0 atom stereocenters. The van der Waals surface area contributed by atoms with E-state index < -0.39 is 6.61 Å². The molecule has 0 aliphatic carbocycles. The zero-order valence-electron chi connectivity index (χ0n) is 8.72. The van der Waals surface area contributed by atoms with E-state index in [1.54, 1.807) is 29.7 Å². The number of hydrogen-bond acceptors (Lipinski definition) is 3. The minimum Gasteiger partial charge on any atom is -0.435 e. The smallest absolute Gasteiger partial charge is 0.387 e. The highest BCUT2D eigenvalue weighted by Gasteiger charge is 2.02. The topological polar surface area (TPSA) is 21.6 Å². The van der Waals surface area contributed by atoms with E-state index in [-0.39, 0.29) is 5.75 Å². The number of ether oxygens (including phenoxy) is 1. The largest absolute Gasteiger partial charge is 0.435 e. The number of benzene rings is 1. The number of hydrogen-bond donors (Lipinski definition) is 0. The third-order valence-electron chi connectivity index (χ3n) is 1.95. The summed E-state index contributed by atoms with van der Waals surface area (Å²) in [7, 11) is 0. The van der Waals surface area contributed by atoms with Gasteiger partial charge in [-0.2, -0.15) is 8.78 Å². The summed E-state index contributed by atoms with van der Waals surface area (Å²) < 4.78 is 28.0. The van der Waals surface area contributed by atoms with Crippen molar-refractivity contribution < 1.29 is 13.5 Å². The van der Waals surface area contributed by atoms with Crippen molar-refractivity contribution in [3.05, 3.63) is 46.7 Å². The van der Waals surface area contributed by atoms with Crippen molar-refractivity contribution in [2.45, 2.75) is 6.61 Å². The number of thiophene rings is 1. The molecule has 0 N–H and O–H groups in total. The van der Waals surface area contributed by atoms with Crippen molar-refractivity contribution in [3.8, 4) is 5.75 Å². The van der Waals surface area contributed by atoms with E-state index in [0.717, 1.165) is 4.88 Å². The molecule has 0 spiro atoms. The molecule has 0 saturated carbocycles. The first kappa shape index (κ1) is 11.7. The van der Waals surface area contributed by atoms with Crippen molar-refractivity contribution in [2.75, 3.05) is 0 Å². The van der Waals surface area contributed by atoms with Crippen LogP contribution in [0, 0.1) is 0 Å². The van der Waals surface area contributed by atoms with Crippen molar-refractivity contribution >= 4 is 23.2 Å². The maximum Gasteiger partial charge on any atom is 0.387 e. The number of alkyl halides is 2. The second-order valence-electron chi connectivity index (χ2n) is 3.15. The van der Waals surface area contributed by atoms with E-state index in [9.17, 15) is 8.78 Å². The molecular weight excluding hydrogens is 244 g/mol. The van der Waals surface area contributed by atoms with Gasteiger partial charge in [-0.05, 0) is 35.7 Å². The Balaban J connectivity index is 2.03. The van der Waals surface area contributed by atoms with Gasteiger partial charge < -0.3 is 4.74 Å². The Bertz CT molecular complexity index is 480. The molecule has 2 rings (SSSR count). The molecule has 0 unspecified atom stereocenters. The van der Waals surface area contributed by atoms with Crippen LogP contribution in [0.25, 0.3) is 0 Å². The van der Waals surface area contributed by atoms with Crippen molar-refractivity contribution in [3.63, 3.8) is 0 Å². The third kappa shape index (κ3) is 3.64. The van der Waals surface area contributed by atoms with Crippen LogP contribution >= 0.6 is 11.3 Å². The van der Waals surface area contributed by atoms with Crippen LogP contribution in [0.4, 0.5) is 14.5 Å². The first-order valence-electron chi connectivity index (χ1n) is 4.86. The lowest BCUT2D eigenvalue weighted by molar-refractivity contribution is -0.0498. The highest BCUT2D eigenvalue weighted by Crippen LogP contribution is 2.19. The second kappa shape index (κ2) is 5.54. The molecule has 0 saturated heterocycles. The molecule has 0 aliphatic rings. The molecule has 0 fully saturated rings. The molecule has 2 nitrogen and oxygen atoms in total. The molecule has 0 radical (unpaired) electrons. The Labute approximate surface area is 101 Å². The van der Waals surface area contributed by atoms with E-state index in [4.69, 9.17) is 0 Å². The van der Waals surface area contributed by atoms with Gasteiger partial charge >= 0.3 is 6.61 Å². The maximum absolute atomic E-state index is 11.9. The summed E-state index contributed by atoms with van der Waals surface area (Å²) >= 11 is 1.58. The molecule has 88 valence electrons. The highest BCUT2D eigenvalue weighted by molar-refractivity contribution is 7.11. The Morgan fingerprint density at radius 3 is 2.53 bits per heavy atom. The molecule has 0 amide bonds. The van der Waals surface area contributed by atoms with Gasteiger partial charge in [-0.25, -0.2) is 0 Å². The molecule has 5 heteroatoms. The van der Waals surface area contributed by atoms with Crippen LogP contribution in [0.3, 0.4) is 0 Å². The van der Waals surface area contributed by atoms with Gasteiger partial charge in [0.05, 0.1) is 5.69 Å². The zero-order valence-corrected chi connectivity index (χ0v) is 9.53. The van der Waals surface area contributed by atoms with Gasteiger partial charge in [-0.1, -0.05) is 6.07 Å². The average molecular weight is 253 g/mol. The van der Waals surface area contributed by atoms with Gasteiger partial charge in [0.1, 0.15) is 5.75 Å². The Morgan fingerprint density at radius 2 is 1.94 bits per heavy atom. The van der Waals surface area contributed by atoms with Gasteiger partial charge in [0.2, 0.25) is 0 Å². The lowest BCUT2D eigenvalue weighted by Crippen LogP contribution is -2.01. The minimum atomic E-state index is -2.80. The lowest BCUT2D eigenvalue weighted by atomic mass is 10.3. The number of aliphatic imine (C=N–C) groups is 1. The average Bonchev–Trinajstić information content (AvgIpc) is 2.80. The first-order valence-corrected chi connectivity index (χ1v) is 5.74. The molecule has 1 heterocycles. The van der Waals surface area contributed by atoms with Crippen LogP contribution < -0.4 is 4.74 Å². The van der Waals surface area contributed by atoms with E-state index >= 15 is 0 Å². The third-order valence-corrected chi connectivity index (χ3v) is 2.75. The summed E-state index contributed by atoms with van der Waals surface area (Å²) in [4.78, 5) is 5.25. The zero-order chi connectivity index (χ0) is 12.1. The number of halogens is 2. The van der Waals surface area contributed by atoms with E-state index in [2.05, 4.69) is 9.73 Å². The second-order valence-corrected chi connectivity index (χ2v) is 4.13. The molecule has 1 aromatic heterocycles. The minimum absolute atomic E-state index is 0.134.